The van der Waals surface area contributed by atoms with Gasteiger partial charge in [-0.2, -0.15) is 0 Å². The molecule has 0 aromatic rings. The molecule has 1 heterocycles. The zero-order valence-corrected chi connectivity index (χ0v) is 14.2. The van der Waals surface area contributed by atoms with Gasteiger partial charge in [0, 0.05) is 12.0 Å². The van der Waals surface area contributed by atoms with Crippen LogP contribution in [0.25, 0.3) is 0 Å². The molecular weight excluding hydrogens is 298 g/mol. The van der Waals surface area contributed by atoms with Gasteiger partial charge in [-0.3, -0.25) is 14.4 Å². The van der Waals surface area contributed by atoms with Crippen LogP contribution in [0.2, 0.25) is 0 Å². The minimum atomic E-state index is -1.37. The average molecular weight is 325 g/mol. The molecule has 1 saturated heterocycles. The predicted octanol–water partition coefficient (Wildman–Crippen LogP) is 1.96. The molecule has 6 nitrogen and oxygen atoms in total. The highest BCUT2D eigenvalue weighted by molar-refractivity contribution is 6.04. The molecule has 0 spiro atoms. The number of rotatable bonds is 5. The van der Waals surface area contributed by atoms with Crippen LogP contribution in [0.3, 0.4) is 0 Å². The number of amides is 1. The molecule has 1 aliphatic heterocycles. The first-order chi connectivity index (χ1) is 11.0. The van der Waals surface area contributed by atoms with E-state index in [-0.39, 0.29) is 25.0 Å². The summed E-state index contributed by atoms with van der Waals surface area (Å²) in [6.45, 7) is 5.35. The van der Waals surface area contributed by atoms with Gasteiger partial charge in [0.25, 0.3) is 5.91 Å². The number of hydrogen-bond donors (Lipinski definition) is 1. The highest BCUT2D eigenvalue weighted by Gasteiger charge is 2.62. The first-order valence-corrected chi connectivity index (χ1v) is 8.66. The Labute approximate surface area is 137 Å². The van der Waals surface area contributed by atoms with Crippen LogP contribution in [0.15, 0.2) is 0 Å². The van der Waals surface area contributed by atoms with Gasteiger partial charge in [-0.15, -0.1) is 0 Å². The zero-order chi connectivity index (χ0) is 17.0. The molecule has 2 rings (SSSR count). The summed E-state index contributed by atoms with van der Waals surface area (Å²) in [6, 6.07) is 0.140. The minimum absolute atomic E-state index is 0.140. The van der Waals surface area contributed by atoms with Crippen LogP contribution in [0.4, 0.5) is 0 Å². The summed E-state index contributed by atoms with van der Waals surface area (Å²) in [5.41, 5.74) is -1.37. The third kappa shape index (κ3) is 3.21. The van der Waals surface area contributed by atoms with Gasteiger partial charge in [0.2, 0.25) is 0 Å². The van der Waals surface area contributed by atoms with Gasteiger partial charge in [0.1, 0.15) is 0 Å². The molecule has 0 aromatic heterocycles. The summed E-state index contributed by atoms with van der Waals surface area (Å²) in [5, 5.41) is 2.98. The van der Waals surface area contributed by atoms with Gasteiger partial charge in [-0.1, -0.05) is 33.1 Å². The molecule has 1 saturated carbocycles. The maximum atomic E-state index is 12.5. The first kappa shape index (κ1) is 17.8. The molecule has 1 N–H and O–H groups in total. The van der Waals surface area contributed by atoms with Crippen molar-refractivity contribution in [2.45, 2.75) is 71.4 Å². The first-order valence-electron chi connectivity index (χ1n) is 8.66. The SMILES string of the molecule is CCOC(=O)[C@]1(CC)C(=O)O[C@H](C(=O)NC2CCCCC2)[C@H]1C. The van der Waals surface area contributed by atoms with Crippen LogP contribution in [0.5, 0.6) is 0 Å². The number of esters is 2. The average Bonchev–Trinajstić information content (AvgIpc) is 2.80. The minimum Gasteiger partial charge on any atom is -0.465 e. The summed E-state index contributed by atoms with van der Waals surface area (Å²) in [7, 11) is 0. The molecular formula is C17H27NO5. The molecule has 1 aliphatic carbocycles. The molecule has 0 radical (unpaired) electrons. The Hall–Kier alpha value is -1.59. The molecule has 6 heteroatoms. The van der Waals surface area contributed by atoms with E-state index in [2.05, 4.69) is 5.32 Å². The monoisotopic (exact) mass is 325 g/mol. The summed E-state index contributed by atoms with van der Waals surface area (Å²) in [6.07, 6.45) is 4.66. The standard InChI is InChI=1S/C17H27NO5/c1-4-17(15(20)22-5-2)11(3)13(23-16(17)21)14(19)18-12-9-7-6-8-10-12/h11-13H,4-10H2,1-3H3,(H,18,19)/t11-,13+,17-/m1/s1. The maximum absolute atomic E-state index is 12.5. The van der Waals surface area contributed by atoms with Gasteiger partial charge in [-0.25, -0.2) is 0 Å². The van der Waals surface area contributed by atoms with Crippen LogP contribution in [-0.2, 0) is 23.9 Å². The molecule has 2 aliphatic rings. The Kier molecular flexibility index (Phi) is 5.65. The molecule has 0 bridgehead atoms. The van der Waals surface area contributed by atoms with Crippen LogP contribution in [-0.4, -0.2) is 36.6 Å². The maximum Gasteiger partial charge on any atom is 0.324 e. The lowest BCUT2D eigenvalue weighted by Gasteiger charge is -2.27. The lowest BCUT2D eigenvalue weighted by molar-refractivity contribution is -0.166. The Morgan fingerprint density at radius 2 is 1.91 bits per heavy atom. The highest BCUT2D eigenvalue weighted by Crippen LogP contribution is 2.43. The van der Waals surface area contributed by atoms with Gasteiger partial charge >= 0.3 is 11.9 Å². The molecule has 0 unspecified atom stereocenters. The van der Waals surface area contributed by atoms with E-state index in [0.717, 1.165) is 25.7 Å². The second kappa shape index (κ2) is 7.32. The number of ether oxygens (including phenoxy) is 2. The Morgan fingerprint density at radius 1 is 1.26 bits per heavy atom. The molecule has 23 heavy (non-hydrogen) atoms. The van der Waals surface area contributed by atoms with Crippen LogP contribution < -0.4 is 5.32 Å². The topological polar surface area (TPSA) is 81.7 Å². The van der Waals surface area contributed by atoms with Crippen molar-refractivity contribution in [3.8, 4) is 0 Å². The van der Waals surface area contributed by atoms with Crippen molar-refractivity contribution >= 4 is 17.8 Å². The second-order valence-electron chi connectivity index (χ2n) is 6.50. The normalized spacial score (nSPS) is 31.5. The summed E-state index contributed by atoms with van der Waals surface area (Å²) in [5.74, 6) is -2.07. The van der Waals surface area contributed by atoms with Crippen molar-refractivity contribution in [2.24, 2.45) is 11.3 Å². The molecule has 3 atom stereocenters. The third-order valence-corrected chi connectivity index (χ3v) is 5.24. The second-order valence-corrected chi connectivity index (χ2v) is 6.50. The summed E-state index contributed by atoms with van der Waals surface area (Å²) >= 11 is 0. The van der Waals surface area contributed by atoms with Crippen molar-refractivity contribution in [3.63, 3.8) is 0 Å². The molecule has 1 amide bonds. The van der Waals surface area contributed by atoms with E-state index in [4.69, 9.17) is 9.47 Å². The number of carbonyl (C=O) groups excluding carboxylic acids is 3. The molecule has 2 fully saturated rings. The summed E-state index contributed by atoms with van der Waals surface area (Å²) < 4.78 is 10.4. The smallest absolute Gasteiger partial charge is 0.324 e. The summed E-state index contributed by atoms with van der Waals surface area (Å²) in [4.78, 5) is 37.2. The highest BCUT2D eigenvalue weighted by atomic mass is 16.6. The van der Waals surface area contributed by atoms with E-state index < -0.39 is 29.4 Å². The lowest BCUT2D eigenvalue weighted by Crippen LogP contribution is -2.47. The van der Waals surface area contributed by atoms with Gasteiger partial charge in [0.15, 0.2) is 11.5 Å². The van der Waals surface area contributed by atoms with Gasteiger partial charge < -0.3 is 14.8 Å². The van der Waals surface area contributed by atoms with Crippen LogP contribution in [0, 0.1) is 11.3 Å². The van der Waals surface area contributed by atoms with Gasteiger partial charge in [-0.05, 0) is 26.2 Å². The van der Waals surface area contributed by atoms with Crippen LogP contribution in [0.1, 0.15) is 59.3 Å². The fourth-order valence-corrected chi connectivity index (χ4v) is 3.72. The molecule has 0 aromatic carbocycles. The van der Waals surface area contributed by atoms with E-state index in [1.54, 1.807) is 20.8 Å². The van der Waals surface area contributed by atoms with E-state index in [1.165, 1.54) is 6.42 Å². The Morgan fingerprint density at radius 3 is 2.48 bits per heavy atom. The lowest BCUT2D eigenvalue weighted by atomic mass is 9.73. The van der Waals surface area contributed by atoms with Crippen molar-refractivity contribution < 1.29 is 23.9 Å². The predicted molar refractivity (Wildman–Crippen MR) is 83.4 cm³/mol. The quantitative estimate of drug-likeness (QED) is 0.617. The van der Waals surface area contributed by atoms with Gasteiger partial charge in [0.05, 0.1) is 6.61 Å². The van der Waals surface area contributed by atoms with E-state index in [9.17, 15) is 14.4 Å². The number of hydrogen-bond acceptors (Lipinski definition) is 5. The van der Waals surface area contributed by atoms with E-state index in [0.29, 0.717) is 0 Å². The Bertz CT molecular complexity index is 472. The number of nitrogens with one attached hydrogen (secondary N) is 1. The van der Waals surface area contributed by atoms with Crippen LogP contribution >= 0.6 is 0 Å². The van der Waals surface area contributed by atoms with Crippen molar-refractivity contribution in [1.29, 1.82) is 0 Å². The fourth-order valence-electron chi connectivity index (χ4n) is 3.72. The molecule has 130 valence electrons. The number of carbonyl (C=O) groups is 3. The fraction of sp³-hybridized carbons (Fsp3) is 0.824. The van der Waals surface area contributed by atoms with E-state index in [1.807, 2.05) is 0 Å². The zero-order valence-electron chi connectivity index (χ0n) is 14.2. The van der Waals surface area contributed by atoms with Crippen molar-refractivity contribution in [3.05, 3.63) is 0 Å². The van der Waals surface area contributed by atoms with E-state index >= 15 is 0 Å². The number of cyclic esters (lactones) is 1. The van der Waals surface area contributed by atoms with Crippen molar-refractivity contribution in [2.75, 3.05) is 6.61 Å². The largest absolute Gasteiger partial charge is 0.465 e. The third-order valence-electron chi connectivity index (χ3n) is 5.24. The van der Waals surface area contributed by atoms with Crippen molar-refractivity contribution in [1.82, 2.24) is 5.32 Å². The Balaban J connectivity index is 2.11.